The van der Waals surface area contributed by atoms with E-state index in [-0.39, 0.29) is 17.4 Å². The van der Waals surface area contributed by atoms with Gasteiger partial charge in [-0.15, -0.1) is 11.3 Å². The van der Waals surface area contributed by atoms with Gasteiger partial charge in [0.05, 0.1) is 10.9 Å². The van der Waals surface area contributed by atoms with Crippen molar-refractivity contribution in [2.75, 3.05) is 10.6 Å². The van der Waals surface area contributed by atoms with E-state index < -0.39 is 0 Å². The predicted molar refractivity (Wildman–Crippen MR) is 135 cm³/mol. The largest absolute Gasteiger partial charge is 0.351 e. The first-order chi connectivity index (χ1) is 17.1. The molecule has 0 amide bonds. The van der Waals surface area contributed by atoms with Gasteiger partial charge in [-0.05, 0) is 62.6 Å². The molecule has 7 heterocycles. The lowest BCUT2D eigenvalue weighted by molar-refractivity contribution is -0.0696. The maximum Gasteiger partial charge on any atom is 0.226 e. The van der Waals surface area contributed by atoms with E-state index in [1.807, 2.05) is 42.6 Å². The minimum atomic E-state index is -0.347. The molecular weight excluding hydrogens is 460 g/mol. The van der Waals surface area contributed by atoms with Crippen molar-refractivity contribution in [2.45, 2.75) is 62.7 Å². The summed E-state index contributed by atoms with van der Waals surface area (Å²) in [6, 6.07) is 10.7. The number of Topliss-reactive ketones (excluding diaryl/α,β-unsaturated/α-hetero) is 1. The molecule has 3 saturated heterocycles. The molecule has 3 aliphatic rings. The molecule has 4 atom stereocenters. The Morgan fingerprint density at radius 2 is 2.14 bits per heavy atom. The van der Waals surface area contributed by atoms with Crippen LogP contribution in [0, 0.1) is 6.92 Å². The number of carbonyl (C=O) groups excluding carboxylic acids is 1. The molecule has 7 rings (SSSR count). The molecule has 0 radical (unpaired) electrons. The van der Waals surface area contributed by atoms with Crippen molar-refractivity contribution >= 4 is 44.9 Å². The van der Waals surface area contributed by atoms with Gasteiger partial charge in [0.25, 0.3) is 0 Å². The smallest absolute Gasteiger partial charge is 0.226 e. The fourth-order valence-electron chi connectivity index (χ4n) is 6.41. The highest BCUT2D eigenvalue weighted by Gasteiger charge is 2.64. The molecular formula is C25H26N8OS. The number of rotatable bonds is 6. The van der Waals surface area contributed by atoms with Gasteiger partial charge in [-0.3, -0.25) is 19.8 Å². The minimum absolute atomic E-state index is 0.194. The van der Waals surface area contributed by atoms with Crippen LogP contribution in [-0.2, 0) is 0 Å². The van der Waals surface area contributed by atoms with Gasteiger partial charge in [-0.1, -0.05) is 6.07 Å². The van der Waals surface area contributed by atoms with E-state index in [9.17, 15) is 4.79 Å². The van der Waals surface area contributed by atoms with Crippen molar-refractivity contribution in [1.82, 2.24) is 30.0 Å². The number of thiophene rings is 1. The van der Waals surface area contributed by atoms with E-state index in [0.717, 1.165) is 59.7 Å². The summed E-state index contributed by atoms with van der Waals surface area (Å²) in [6.07, 6.45) is 6.56. The number of aromatic nitrogens is 5. The van der Waals surface area contributed by atoms with Gasteiger partial charge in [0.15, 0.2) is 5.82 Å². The maximum absolute atomic E-state index is 13.4. The zero-order valence-electron chi connectivity index (χ0n) is 19.4. The molecule has 4 aromatic heterocycles. The first kappa shape index (κ1) is 21.0. The number of piperidine rings is 1. The lowest BCUT2D eigenvalue weighted by atomic mass is 9.71. The fourth-order valence-corrected chi connectivity index (χ4v) is 7.18. The number of aromatic amines is 1. The van der Waals surface area contributed by atoms with Crippen LogP contribution in [0.1, 0.15) is 48.3 Å². The number of aryl methyl sites for hydroxylation is 1. The van der Waals surface area contributed by atoms with Crippen LogP contribution < -0.4 is 10.6 Å². The third-order valence-corrected chi connectivity index (χ3v) is 8.60. The highest BCUT2D eigenvalue weighted by atomic mass is 32.1. The SMILES string of the molecule is Cc1cc(Nc2nc(N[C@@H]3C[C@H]4CCC5(C(=O)c6ccccn6)C[C@@H](C3)N45)nc3sccc23)n[nH]1. The molecule has 4 aromatic rings. The zero-order chi connectivity index (χ0) is 23.6. The summed E-state index contributed by atoms with van der Waals surface area (Å²) in [5.74, 6) is 2.33. The van der Waals surface area contributed by atoms with Gasteiger partial charge in [0, 0.05) is 36.1 Å². The Morgan fingerprint density at radius 3 is 2.97 bits per heavy atom. The number of carbonyl (C=O) groups is 1. The van der Waals surface area contributed by atoms with Crippen molar-refractivity contribution in [2.24, 2.45) is 0 Å². The summed E-state index contributed by atoms with van der Waals surface area (Å²) in [7, 11) is 0. The summed E-state index contributed by atoms with van der Waals surface area (Å²) in [6.45, 7) is 1.97. The summed E-state index contributed by atoms with van der Waals surface area (Å²) >= 11 is 1.61. The molecule has 9 nitrogen and oxygen atoms in total. The third-order valence-electron chi connectivity index (χ3n) is 7.79. The summed E-state index contributed by atoms with van der Waals surface area (Å²) in [4.78, 5) is 30.8. The van der Waals surface area contributed by atoms with Crippen LogP contribution in [0.25, 0.3) is 10.2 Å². The molecule has 0 aliphatic carbocycles. The number of nitrogens with one attached hydrogen (secondary N) is 3. The Kier molecular flexibility index (Phi) is 4.68. The average Bonchev–Trinajstić information content (AvgIpc) is 3.56. The van der Waals surface area contributed by atoms with E-state index in [0.29, 0.717) is 23.7 Å². The lowest BCUT2D eigenvalue weighted by Gasteiger charge is -2.59. The zero-order valence-corrected chi connectivity index (χ0v) is 20.2. The Balaban J connectivity index is 1.10. The van der Waals surface area contributed by atoms with Gasteiger partial charge in [0.2, 0.25) is 11.7 Å². The normalized spacial score (nSPS) is 27.4. The second-order valence-electron chi connectivity index (χ2n) is 9.94. The summed E-state index contributed by atoms with van der Waals surface area (Å²) < 4.78 is 0. The van der Waals surface area contributed by atoms with Crippen LogP contribution in [0.15, 0.2) is 41.9 Å². The van der Waals surface area contributed by atoms with E-state index >= 15 is 0 Å². The van der Waals surface area contributed by atoms with Gasteiger partial charge < -0.3 is 10.6 Å². The molecule has 178 valence electrons. The number of ketones is 1. The molecule has 1 unspecified atom stereocenters. The standard InChI is InChI=1S/C25H26N8OS/c1-14-10-20(32-31-14)28-22-18-6-9-35-23(18)30-24(29-22)27-15-11-16-5-7-25(13-17(12-15)33(16)25)21(34)19-4-2-3-8-26-19/h2-4,6,8-10,15-17H,5,7,11-13H2,1H3,(H3,27,28,29,30,31,32)/t15-,16-,17-,25?/m1/s1. The highest BCUT2D eigenvalue weighted by molar-refractivity contribution is 7.16. The van der Waals surface area contributed by atoms with Crippen molar-refractivity contribution < 1.29 is 4.79 Å². The average molecular weight is 487 g/mol. The third kappa shape index (κ3) is 3.35. The Labute approximate surface area is 206 Å². The van der Waals surface area contributed by atoms with Gasteiger partial charge in [-0.25, -0.2) is 4.98 Å². The Hall–Kier alpha value is -3.37. The Morgan fingerprint density at radius 1 is 1.23 bits per heavy atom. The second-order valence-corrected chi connectivity index (χ2v) is 10.8. The van der Waals surface area contributed by atoms with Crippen molar-refractivity contribution in [3.8, 4) is 0 Å². The molecule has 3 fully saturated rings. The van der Waals surface area contributed by atoms with Crippen LogP contribution in [0.3, 0.4) is 0 Å². The number of nitrogens with zero attached hydrogens (tertiary/aromatic N) is 5. The van der Waals surface area contributed by atoms with Gasteiger partial charge in [0.1, 0.15) is 16.3 Å². The van der Waals surface area contributed by atoms with Gasteiger partial charge >= 0.3 is 0 Å². The van der Waals surface area contributed by atoms with Crippen molar-refractivity contribution in [3.63, 3.8) is 0 Å². The monoisotopic (exact) mass is 486 g/mol. The van der Waals surface area contributed by atoms with Crippen LogP contribution in [0.4, 0.5) is 17.6 Å². The molecule has 0 saturated carbocycles. The molecule has 3 N–H and O–H groups in total. The number of H-pyrrole nitrogens is 1. The van der Waals surface area contributed by atoms with E-state index in [1.165, 1.54) is 0 Å². The molecule has 35 heavy (non-hydrogen) atoms. The Bertz CT molecular complexity index is 1420. The van der Waals surface area contributed by atoms with E-state index in [1.54, 1.807) is 17.5 Å². The highest BCUT2D eigenvalue weighted by Crippen LogP contribution is 2.54. The molecule has 0 spiro atoms. The van der Waals surface area contributed by atoms with E-state index in [2.05, 4.69) is 30.7 Å². The van der Waals surface area contributed by atoms with Crippen LogP contribution in [0.2, 0.25) is 0 Å². The fraction of sp³-hybridized carbons (Fsp3) is 0.400. The first-order valence-electron chi connectivity index (χ1n) is 12.1. The number of hydrogen-bond acceptors (Lipinski definition) is 9. The van der Waals surface area contributed by atoms with Crippen LogP contribution in [0.5, 0.6) is 0 Å². The van der Waals surface area contributed by atoms with Crippen molar-refractivity contribution in [3.05, 3.63) is 53.3 Å². The number of hydrogen-bond donors (Lipinski definition) is 3. The summed E-state index contributed by atoms with van der Waals surface area (Å²) in [5.41, 5.74) is 1.24. The number of pyridine rings is 1. The predicted octanol–water partition coefficient (Wildman–Crippen LogP) is 4.29. The van der Waals surface area contributed by atoms with E-state index in [4.69, 9.17) is 9.97 Å². The lowest BCUT2D eigenvalue weighted by Crippen LogP contribution is -2.71. The summed E-state index contributed by atoms with van der Waals surface area (Å²) in [5, 5.41) is 17.2. The topological polar surface area (TPSA) is 112 Å². The molecule has 0 bridgehead atoms. The van der Waals surface area contributed by atoms with Crippen LogP contribution in [-0.4, -0.2) is 59.5 Å². The van der Waals surface area contributed by atoms with Gasteiger partial charge in [-0.2, -0.15) is 10.1 Å². The van der Waals surface area contributed by atoms with Crippen molar-refractivity contribution in [1.29, 1.82) is 0 Å². The quantitative estimate of drug-likeness (QED) is 0.346. The van der Waals surface area contributed by atoms with Crippen LogP contribution >= 0.6 is 11.3 Å². The molecule has 3 aliphatic heterocycles. The second kappa shape index (κ2) is 7.82. The molecule has 10 heteroatoms. The molecule has 0 aromatic carbocycles. The number of anilines is 3. The first-order valence-corrected chi connectivity index (χ1v) is 13.0. The minimum Gasteiger partial charge on any atom is -0.351 e. The maximum atomic E-state index is 13.4. The number of fused-ring (bicyclic) bond motifs is 1.